The minimum absolute atomic E-state index is 0.0928. The summed E-state index contributed by atoms with van der Waals surface area (Å²) in [6, 6.07) is 4.51. The first kappa shape index (κ1) is 15.9. The van der Waals surface area contributed by atoms with Gasteiger partial charge < -0.3 is 14.8 Å². The summed E-state index contributed by atoms with van der Waals surface area (Å²) in [7, 11) is 0. The predicted octanol–water partition coefficient (Wildman–Crippen LogP) is 2.45. The molecule has 21 heavy (non-hydrogen) atoms. The molecule has 2 rings (SSSR count). The van der Waals surface area contributed by atoms with E-state index in [1.165, 1.54) is 6.07 Å². The lowest BCUT2D eigenvalue weighted by Gasteiger charge is -2.10. The van der Waals surface area contributed by atoms with E-state index in [1.807, 2.05) is 6.92 Å². The molecule has 1 aromatic carbocycles. The number of carbonyl (C=O) groups is 1. The molecule has 0 bridgehead atoms. The van der Waals surface area contributed by atoms with Gasteiger partial charge in [0.25, 0.3) is 5.91 Å². The van der Waals surface area contributed by atoms with Crippen molar-refractivity contribution in [2.75, 3.05) is 26.4 Å². The Morgan fingerprint density at radius 2 is 2.38 bits per heavy atom. The number of benzene rings is 1. The summed E-state index contributed by atoms with van der Waals surface area (Å²) < 4.78 is 24.5. The zero-order valence-corrected chi connectivity index (χ0v) is 12.4. The van der Waals surface area contributed by atoms with Gasteiger partial charge in [-0.25, -0.2) is 4.39 Å². The van der Waals surface area contributed by atoms with Gasteiger partial charge >= 0.3 is 0 Å². The maximum absolute atomic E-state index is 13.5. The number of carbonyl (C=O) groups excluding carboxylic acids is 1. The fraction of sp³-hybridized carbons (Fsp3) is 0.562. The third-order valence-electron chi connectivity index (χ3n) is 3.45. The number of rotatable bonds is 7. The van der Waals surface area contributed by atoms with E-state index in [2.05, 4.69) is 5.32 Å². The Hall–Kier alpha value is -1.46. The molecule has 1 atom stereocenters. The SMILES string of the molecule is Cc1ccc(F)c(C(=O)NCCCOCC2CCCO2)c1. The molecule has 0 saturated carbocycles. The molecule has 1 saturated heterocycles. The van der Waals surface area contributed by atoms with Crippen LogP contribution in [0, 0.1) is 12.7 Å². The third kappa shape index (κ3) is 5.10. The molecule has 4 nitrogen and oxygen atoms in total. The van der Waals surface area contributed by atoms with Crippen molar-refractivity contribution in [3.05, 3.63) is 35.1 Å². The van der Waals surface area contributed by atoms with Gasteiger partial charge in [-0.2, -0.15) is 0 Å². The van der Waals surface area contributed by atoms with Crippen LogP contribution in [0.4, 0.5) is 4.39 Å². The van der Waals surface area contributed by atoms with Crippen LogP contribution in [0.5, 0.6) is 0 Å². The normalized spacial score (nSPS) is 17.9. The van der Waals surface area contributed by atoms with Crippen molar-refractivity contribution in [3.8, 4) is 0 Å². The number of ether oxygens (including phenoxy) is 2. The zero-order chi connectivity index (χ0) is 15.1. The molecule has 0 aromatic heterocycles. The maximum Gasteiger partial charge on any atom is 0.254 e. The average Bonchev–Trinajstić information content (AvgIpc) is 2.98. The van der Waals surface area contributed by atoms with E-state index in [1.54, 1.807) is 12.1 Å². The van der Waals surface area contributed by atoms with Gasteiger partial charge in [-0.15, -0.1) is 0 Å². The number of nitrogens with one attached hydrogen (secondary N) is 1. The number of aryl methyl sites for hydroxylation is 1. The molecule has 1 aliphatic heterocycles. The lowest BCUT2D eigenvalue weighted by atomic mass is 10.1. The molecule has 0 radical (unpaired) electrons. The minimum atomic E-state index is -0.493. The molecular weight excluding hydrogens is 273 g/mol. The second kappa shape index (κ2) is 8.10. The van der Waals surface area contributed by atoms with Crippen LogP contribution in [-0.4, -0.2) is 38.4 Å². The molecule has 1 aromatic rings. The van der Waals surface area contributed by atoms with Gasteiger partial charge in [0.2, 0.25) is 0 Å². The molecule has 1 heterocycles. The van der Waals surface area contributed by atoms with Crippen LogP contribution < -0.4 is 5.32 Å². The van der Waals surface area contributed by atoms with E-state index in [0.717, 1.165) is 25.0 Å². The molecule has 1 unspecified atom stereocenters. The number of halogens is 1. The van der Waals surface area contributed by atoms with E-state index in [0.29, 0.717) is 26.2 Å². The Bertz CT molecular complexity index is 473. The van der Waals surface area contributed by atoms with Gasteiger partial charge in [-0.1, -0.05) is 11.6 Å². The summed E-state index contributed by atoms with van der Waals surface area (Å²) in [4.78, 5) is 11.8. The standard InChI is InChI=1S/C16H22FNO3/c1-12-5-6-15(17)14(10-12)16(19)18-7-3-8-20-11-13-4-2-9-21-13/h5-6,10,13H,2-4,7-9,11H2,1H3,(H,18,19). The Labute approximate surface area is 124 Å². The largest absolute Gasteiger partial charge is 0.379 e. The molecule has 1 N–H and O–H groups in total. The van der Waals surface area contributed by atoms with Crippen LogP contribution in [0.2, 0.25) is 0 Å². The van der Waals surface area contributed by atoms with Crippen LogP contribution in [0.1, 0.15) is 35.2 Å². The van der Waals surface area contributed by atoms with Crippen molar-refractivity contribution in [2.45, 2.75) is 32.3 Å². The Balaban J connectivity index is 1.61. The Morgan fingerprint density at radius 3 is 3.14 bits per heavy atom. The van der Waals surface area contributed by atoms with Crippen molar-refractivity contribution >= 4 is 5.91 Å². The van der Waals surface area contributed by atoms with E-state index >= 15 is 0 Å². The molecule has 0 spiro atoms. The fourth-order valence-electron chi connectivity index (χ4n) is 2.28. The minimum Gasteiger partial charge on any atom is -0.379 e. The highest BCUT2D eigenvalue weighted by Gasteiger charge is 2.15. The molecule has 5 heteroatoms. The Morgan fingerprint density at radius 1 is 1.52 bits per heavy atom. The van der Waals surface area contributed by atoms with Gasteiger partial charge in [0.15, 0.2) is 0 Å². The van der Waals surface area contributed by atoms with Gasteiger partial charge in [0.05, 0.1) is 18.3 Å². The third-order valence-corrected chi connectivity index (χ3v) is 3.45. The molecule has 1 fully saturated rings. The smallest absolute Gasteiger partial charge is 0.254 e. The molecule has 0 aliphatic carbocycles. The van der Waals surface area contributed by atoms with Gasteiger partial charge in [0.1, 0.15) is 5.82 Å². The van der Waals surface area contributed by atoms with E-state index in [4.69, 9.17) is 9.47 Å². The molecule has 1 amide bonds. The van der Waals surface area contributed by atoms with Gasteiger partial charge in [-0.3, -0.25) is 4.79 Å². The topological polar surface area (TPSA) is 47.6 Å². The van der Waals surface area contributed by atoms with E-state index in [9.17, 15) is 9.18 Å². The van der Waals surface area contributed by atoms with E-state index in [-0.39, 0.29) is 17.6 Å². The summed E-state index contributed by atoms with van der Waals surface area (Å²) in [5, 5.41) is 2.71. The molecule has 116 valence electrons. The number of hydrogen-bond donors (Lipinski definition) is 1. The molecular formula is C16H22FNO3. The van der Waals surface area contributed by atoms with Crippen LogP contribution >= 0.6 is 0 Å². The highest BCUT2D eigenvalue weighted by molar-refractivity contribution is 5.94. The van der Waals surface area contributed by atoms with Crippen LogP contribution in [0.15, 0.2) is 18.2 Å². The summed E-state index contributed by atoms with van der Waals surface area (Å²) in [6.45, 7) is 4.30. The number of hydrogen-bond acceptors (Lipinski definition) is 3. The van der Waals surface area contributed by atoms with Crippen molar-refractivity contribution < 1.29 is 18.7 Å². The second-order valence-electron chi connectivity index (χ2n) is 5.30. The van der Waals surface area contributed by atoms with Gasteiger partial charge in [-0.05, 0) is 38.3 Å². The summed E-state index contributed by atoms with van der Waals surface area (Å²) in [5.74, 6) is -0.872. The second-order valence-corrected chi connectivity index (χ2v) is 5.30. The van der Waals surface area contributed by atoms with Crippen LogP contribution in [0.25, 0.3) is 0 Å². The molecule has 1 aliphatic rings. The van der Waals surface area contributed by atoms with Crippen molar-refractivity contribution in [2.24, 2.45) is 0 Å². The first-order valence-corrected chi connectivity index (χ1v) is 7.40. The predicted molar refractivity (Wildman–Crippen MR) is 77.9 cm³/mol. The highest BCUT2D eigenvalue weighted by Crippen LogP contribution is 2.12. The summed E-state index contributed by atoms with van der Waals surface area (Å²) >= 11 is 0. The van der Waals surface area contributed by atoms with Crippen molar-refractivity contribution in [1.82, 2.24) is 5.32 Å². The van der Waals surface area contributed by atoms with E-state index < -0.39 is 5.82 Å². The van der Waals surface area contributed by atoms with Crippen LogP contribution in [-0.2, 0) is 9.47 Å². The van der Waals surface area contributed by atoms with Crippen molar-refractivity contribution in [3.63, 3.8) is 0 Å². The quantitative estimate of drug-likeness (QED) is 0.786. The lowest BCUT2D eigenvalue weighted by molar-refractivity contribution is 0.0166. The Kier molecular flexibility index (Phi) is 6.14. The monoisotopic (exact) mass is 295 g/mol. The number of amides is 1. The van der Waals surface area contributed by atoms with Gasteiger partial charge in [0, 0.05) is 19.8 Å². The summed E-state index contributed by atoms with van der Waals surface area (Å²) in [5.41, 5.74) is 0.955. The maximum atomic E-state index is 13.5. The van der Waals surface area contributed by atoms with Crippen molar-refractivity contribution in [1.29, 1.82) is 0 Å². The first-order valence-electron chi connectivity index (χ1n) is 7.40. The zero-order valence-electron chi connectivity index (χ0n) is 12.4. The fourth-order valence-corrected chi connectivity index (χ4v) is 2.28. The highest BCUT2D eigenvalue weighted by atomic mass is 19.1. The lowest BCUT2D eigenvalue weighted by Crippen LogP contribution is -2.26. The average molecular weight is 295 g/mol. The summed E-state index contributed by atoms with van der Waals surface area (Å²) in [6.07, 6.45) is 3.09. The first-order chi connectivity index (χ1) is 10.2. The van der Waals surface area contributed by atoms with Crippen LogP contribution in [0.3, 0.4) is 0 Å².